The highest BCUT2D eigenvalue weighted by Crippen LogP contribution is 2.10. The minimum absolute atomic E-state index is 0.239. The number of pyridine rings is 2. The van der Waals surface area contributed by atoms with E-state index in [1.165, 1.54) is 23.9 Å². The molecule has 0 fully saturated rings. The summed E-state index contributed by atoms with van der Waals surface area (Å²) < 4.78 is 0. The van der Waals surface area contributed by atoms with Crippen molar-refractivity contribution in [2.45, 2.75) is 27.2 Å². The second kappa shape index (κ2) is 9.30. The Kier molecular flexibility index (Phi) is 7.40. The predicted molar refractivity (Wildman–Crippen MR) is 94.1 cm³/mol. The summed E-state index contributed by atoms with van der Waals surface area (Å²) in [5, 5.41) is 8.63. The highest BCUT2D eigenvalue weighted by atomic mass is 16.4. The molecular formula is C19H22N2O2. The summed E-state index contributed by atoms with van der Waals surface area (Å²) in [6.07, 6.45) is 6.54. The first kappa shape index (κ1) is 18.3. The van der Waals surface area contributed by atoms with Gasteiger partial charge in [0.1, 0.15) is 0 Å². The van der Waals surface area contributed by atoms with Crippen molar-refractivity contribution in [3.05, 3.63) is 72.3 Å². The molecule has 4 heteroatoms. The van der Waals surface area contributed by atoms with Crippen molar-refractivity contribution in [1.82, 2.24) is 9.97 Å². The summed E-state index contributed by atoms with van der Waals surface area (Å²) in [7, 11) is 0. The standard InChI is InChI=1S/C10H13N.C9H9NO2/c1-3-6-9(2)10-7-4-5-8-11-10;1-6(2)8-5-7(9(11)12)3-4-10-8/h4-8H,3H2,1-2H3;3-5H,1H2,2H3,(H,11,12)/b9-6+;. The first-order valence-corrected chi connectivity index (χ1v) is 7.39. The molecule has 2 aromatic rings. The van der Waals surface area contributed by atoms with Gasteiger partial charge in [0.25, 0.3) is 0 Å². The van der Waals surface area contributed by atoms with Crippen LogP contribution in [0.2, 0.25) is 0 Å². The van der Waals surface area contributed by atoms with Gasteiger partial charge in [0.2, 0.25) is 0 Å². The molecule has 120 valence electrons. The fourth-order valence-electron chi connectivity index (χ4n) is 1.80. The lowest BCUT2D eigenvalue weighted by Crippen LogP contribution is -1.97. The van der Waals surface area contributed by atoms with E-state index in [9.17, 15) is 4.79 Å². The molecule has 0 aliphatic carbocycles. The van der Waals surface area contributed by atoms with E-state index in [2.05, 4.69) is 36.5 Å². The maximum Gasteiger partial charge on any atom is 0.335 e. The Morgan fingerprint density at radius 1 is 1.17 bits per heavy atom. The first-order valence-electron chi connectivity index (χ1n) is 7.39. The maximum absolute atomic E-state index is 10.5. The van der Waals surface area contributed by atoms with E-state index in [1.54, 1.807) is 6.92 Å². The van der Waals surface area contributed by atoms with E-state index in [0.717, 1.165) is 17.7 Å². The minimum atomic E-state index is -0.945. The molecule has 0 aliphatic rings. The van der Waals surface area contributed by atoms with Crippen molar-refractivity contribution in [2.75, 3.05) is 0 Å². The van der Waals surface area contributed by atoms with Gasteiger partial charge in [-0.1, -0.05) is 25.6 Å². The number of carbonyl (C=O) groups is 1. The zero-order valence-corrected chi connectivity index (χ0v) is 13.8. The summed E-state index contributed by atoms with van der Waals surface area (Å²) in [5.41, 5.74) is 3.96. The molecule has 23 heavy (non-hydrogen) atoms. The number of hydrogen-bond acceptors (Lipinski definition) is 3. The second-order valence-electron chi connectivity index (χ2n) is 5.03. The maximum atomic E-state index is 10.5. The third-order valence-electron chi connectivity index (χ3n) is 3.02. The van der Waals surface area contributed by atoms with Crippen molar-refractivity contribution >= 4 is 17.1 Å². The molecule has 0 saturated heterocycles. The molecular weight excluding hydrogens is 288 g/mol. The summed E-state index contributed by atoms with van der Waals surface area (Å²) >= 11 is 0. The molecule has 0 aliphatic heterocycles. The monoisotopic (exact) mass is 310 g/mol. The van der Waals surface area contributed by atoms with E-state index in [4.69, 9.17) is 5.11 Å². The summed E-state index contributed by atoms with van der Waals surface area (Å²) in [6, 6.07) is 8.93. The van der Waals surface area contributed by atoms with E-state index in [0.29, 0.717) is 5.69 Å². The second-order valence-corrected chi connectivity index (χ2v) is 5.03. The molecule has 0 unspecified atom stereocenters. The number of allylic oxidation sites excluding steroid dienone is 3. The molecule has 0 atom stereocenters. The van der Waals surface area contributed by atoms with Crippen LogP contribution < -0.4 is 0 Å². The molecule has 0 spiro atoms. The molecule has 0 bridgehead atoms. The Hall–Kier alpha value is -2.75. The van der Waals surface area contributed by atoms with Crippen LogP contribution >= 0.6 is 0 Å². The number of hydrogen-bond donors (Lipinski definition) is 1. The number of nitrogens with zero attached hydrogens (tertiary/aromatic N) is 2. The van der Waals surface area contributed by atoms with Crippen molar-refractivity contribution in [2.24, 2.45) is 0 Å². The number of rotatable bonds is 4. The average molecular weight is 310 g/mol. The van der Waals surface area contributed by atoms with Gasteiger partial charge in [0.05, 0.1) is 17.0 Å². The molecule has 4 nitrogen and oxygen atoms in total. The highest BCUT2D eigenvalue weighted by molar-refractivity contribution is 5.88. The number of carboxylic acid groups (broad SMARTS) is 1. The zero-order chi connectivity index (χ0) is 17.2. The largest absolute Gasteiger partial charge is 0.478 e. The Morgan fingerprint density at radius 3 is 2.39 bits per heavy atom. The zero-order valence-electron chi connectivity index (χ0n) is 13.8. The number of aromatic carboxylic acids is 1. The number of aromatic nitrogens is 2. The minimum Gasteiger partial charge on any atom is -0.478 e. The first-order chi connectivity index (χ1) is 11.0. The van der Waals surface area contributed by atoms with Crippen molar-refractivity contribution < 1.29 is 9.90 Å². The van der Waals surface area contributed by atoms with Crippen LogP contribution in [0, 0.1) is 0 Å². The van der Waals surface area contributed by atoms with Crippen LogP contribution in [0.25, 0.3) is 11.1 Å². The van der Waals surface area contributed by atoms with Crippen molar-refractivity contribution in [3.8, 4) is 0 Å². The molecule has 2 rings (SSSR count). The fraction of sp³-hybridized carbons (Fsp3) is 0.211. The third kappa shape index (κ3) is 6.26. The van der Waals surface area contributed by atoms with Crippen LogP contribution in [0.5, 0.6) is 0 Å². The summed E-state index contributed by atoms with van der Waals surface area (Å²) in [4.78, 5) is 18.7. The van der Waals surface area contributed by atoms with Gasteiger partial charge in [0.15, 0.2) is 0 Å². The molecule has 0 saturated carbocycles. The van der Waals surface area contributed by atoms with E-state index >= 15 is 0 Å². The van der Waals surface area contributed by atoms with Gasteiger partial charge in [-0.2, -0.15) is 0 Å². The Morgan fingerprint density at radius 2 is 1.87 bits per heavy atom. The Labute approximate surface area is 137 Å². The van der Waals surface area contributed by atoms with Crippen LogP contribution in [-0.4, -0.2) is 21.0 Å². The predicted octanol–water partition coefficient (Wildman–Crippen LogP) is 4.71. The fourth-order valence-corrected chi connectivity index (χ4v) is 1.80. The SMILES string of the molecule is C=C(C)c1cc(C(=O)O)ccn1.CC/C=C(\C)c1ccccn1. The van der Waals surface area contributed by atoms with Crippen molar-refractivity contribution in [3.63, 3.8) is 0 Å². The van der Waals surface area contributed by atoms with E-state index in [1.807, 2.05) is 24.4 Å². The quantitative estimate of drug-likeness (QED) is 0.888. The number of carboxylic acids is 1. The van der Waals surface area contributed by atoms with Gasteiger partial charge in [-0.15, -0.1) is 0 Å². The molecule has 0 aromatic carbocycles. The van der Waals surface area contributed by atoms with Crippen LogP contribution in [0.4, 0.5) is 0 Å². The molecule has 2 aromatic heterocycles. The van der Waals surface area contributed by atoms with Gasteiger partial charge in [-0.3, -0.25) is 9.97 Å². The molecule has 0 radical (unpaired) electrons. The van der Waals surface area contributed by atoms with Crippen LogP contribution in [-0.2, 0) is 0 Å². The topological polar surface area (TPSA) is 63.1 Å². The Balaban J connectivity index is 0.000000231. The third-order valence-corrected chi connectivity index (χ3v) is 3.02. The smallest absolute Gasteiger partial charge is 0.335 e. The molecule has 1 N–H and O–H groups in total. The van der Waals surface area contributed by atoms with E-state index < -0.39 is 5.97 Å². The normalized spacial score (nSPS) is 10.5. The van der Waals surface area contributed by atoms with Gasteiger partial charge in [-0.25, -0.2) is 4.79 Å². The van der Waals surface area contributed by atoms with Crippen LogP contribution in [0.15, 0.2) is 55.4 Å². The lowest BCUT2D eigenvalue weighted by atomic mass is 10.1. The Bertz CT molecular complexity index is 662. The molecule has 0 amide bonds. The van der Waals surface area contributed by atoms with Gasteiger partial charge >= 0.3 is 5.97 Å². The lowest BCUT2D eigenvalue weighted by Gasteiger charge is -1.98. The summed E-state index contributed by atoms with van der Waals surface area (Å²) in [5.74, 6) is -0.945. The van der Waals surface area contributed by atoms with Gasteiger partial charge in [-0.05, 0) is 55.7 Å². The van der Waals surface area contributed by atoms with E-state index in [-0.39, 0.29) is 5.56 Å². The van der Waals surface area contributed by atoms with Crippen LogP contribution in [0.3, 0.4) is 0 Å². The highest BCUT2D eigenvalue weighted by Gasteiger charge is 2.03. The van der Waals surface area contributed by atoms with Gasteiger partial charge < -0.3 is 5.11 Å². The summed E-state index contributed by atoms with van der Waals surface area (Å²) in [6.45, 7) is 9.68. The average Bonchev–Trinajstić information content (AvgIpc) is 2.56. The molecule has 2 heterocycles. The van der Waals surface area contributed by atoms with Gasteiger partial charge in [0, 0.05) is 12.4 Å². The van der Waals surface area contributed by atoms with Crippen LogP contribution in [0.1, 0.15) is 48.9 Å². The van der Waals surface area contributed by atoms with Crippen molar-refractivity contribution in [1.29, 1.82) is 0 Å². The lowest BCUT2D eigenvalue weighted by molar-refractivity contribution is 0.0696.